The number of carboxylic acid groups (broad SMARTS) is 1. The van der Waals surface area contributed by atoms with Crippen LogP contribution in [0.25, 0.3) is 21.8 Å². The van der Waals surface area contributed by atoms with Crippen LogP contribution in [0.2, 0.25) is 0 Å². The van der Waals surface area contributed by atoms with E-state index in [0.29, 0.717) is 23.6 Å². The van der Waals surface area contributed by atoms with Crippen molar-refractivity contribution < 1.29 is 29.3 Å². The van der Waals surface area contributed by atoms with E-state index in [0.717, 1.165) is 44.0 Å². The third kappa shape index (κ3) is 5.38. The Morgan fingerprint density at radius 2 is 1.89 bits per heavy atom. The summed E-state index contributed by atoms with van der Waals surface area (Å²) in [5, 5.41) is 25.1. The highest BCUT2D eigenvalue weighted by molar-refractivity contribution is 8.15. The molecule has 11 heteroatoms. The Labute approximate surface area is 222 Å². The molecule has 0 aliphatic carbocycles. The van der Waals surface area contributed by atoms with Gasteiger partial charge in [-0.25, -0.2) is 4.79 Å². The molecule has 3 amide bonds. The van der Waals surface area contributed by atoms with E-state index in [1.54, 1.807) is 12.1 Å². The molecule has 3 aromatic carbocycles. The smallest absolute Gasteiger partial charge is 0.407 e. The van der Waals surface area contributed by atoms with Crippen LogP contribution in [0.3, 0.4) is 0 Å². The summed E-state index contributed by atoms with van der Waals surface area (Å²) in [5.41, 5.74) is 3.18. The average molecular weight is 535 g/mol. The number of carbonyl (C=O) groups is 3. The molecule has 0 spiro atoms. The van der Waals surface area contributed by atoms with Gasteiger partial charge >= 0.3 is 6.09 Å². The molecule has 38 heavy (non-hydrogen) atoms. The monoisotopic (exact) mass is 534 g/mol. The van der Waals surface area contributed by atoms with Gasteiger partial charge in [0, 0.05) is 24.0 Å². The molecule has 1 unspecified atom stereocenters. The fraction of sp³-hybridized carbons (Fsp3) is 0.222. The molecule has 196 valence electrons. The van der Waals surface area contributed by atoms with E-state index in [1.165, 1.54) is 6.92 Å². The number of amides is 3. The Balaban J connectivity index is 1.49. The number of anilines is 1. The minimum atomic E-state index is -1.11. The molecule has 0 radical (unpaired) electrons. The predicted octanol–water partition coefficient (Wildman–Crippen LogP) is 4.74. The van der Waals surface area contributed by atoms with Crippen LogP contribution in [0.5, 0.6) is 11.5 Å². The van der Waals surface area contributed by atoms with Crippen molar-refractivity contribution in [3.05, 3.63) is 66.2 Å². The Hall–Kier alpha value is -4.22. The first-order valence-electron chi connectivity index (χ1n) is 12.0. The summed E-state index contributed by atoms with van der Waals surface area (Å²) in [4.78, 5) is 40.0. The minimum absolute atomic E-state index is 0.00291. The van der Waals surface area contributed by atoms with Crippen LogP contribution in [0, 0.1) is 0 Å². The number of ether oxygens (including phenoxy) is 1. The van der Waals surface area contributed by atoms with E-state index in [9.17, 15) is 24.6 Å². The van der Waals surface area contributed by atoms with Crippen LogP contribution in [0.4, 0.5) is 15.3 Å². The zero-order valence-electron chi connectivity index (χ0n) is 20.4. The fourth-order valence-corrected chi connectivity index (χ4v) is 5.16. The van der Waals surface area contributed by atoms with Crippen molar-refractivity contribution in [1.82, 2.24) is 15.2 Å². The molecule has 10 nitrogen and oxygen atoms in total. The molecule has 0 saturated carbocycles. The molecule has 2 atom stereocenters. The molecule has 1 aliphatic rings. The topological polar surface area (TPSA) is 144 Å². The van der Waals surface area contributed by atoms with Crippen molar-refractivity contribution in [3.63, 3.8) is 0 Å². The van der Waals surface area contributed by atoms with Crippen molar-refractivity contribution in [1.29, 1.82) is 0 Å². The molecule has 5 rings (SSSR count). The van der Waals surface area contributed by atoms with Gasteiger partial charge in [0.05, 0.1) is 22.7 Å². The summed E-state index contributed by atoms with van der Waals surface area (Å²) < 4.78 is 6.44. The number of aromatic nitrogens is 1. The lowest BCUT2D eigenvalue weighted by atomic mass is 10.1. The van der Waals surface area contributed by atoms with Crippen molar-refractivity contribution in [3.8, 4) is 11.5 Å². The third-order valence-corrected chi connectivity index (χ3v) is 7.04. The Bertz CT molecular complexity index is 1530. The van der Waals surface area contributed by atoms with Gasteiger partial charge in [-0.3, -0.25) is 14.9 Å². The van der Waals surface area contributed by atoms with E-state index in [-0.39, 0.29) is 13.1 Å². The van der Waals surface area contributed by atoms with Gasteiger partial charge < -0.3 is 30.2 Å². The highest BCUT2D eigenvalue weighted by atomic mass is 32.2. The van der Waals surface area contributed by atoms with Gasteiger partial charge in [-0.15, -0.1) is 0 Å². The standard InChI is InChI=1S/C27H26N4O6S/c1-15(32)14-31(27(35)36)12-11-16-9-10-19(29-25-24(33)30-26(34)38-25)22(13-16)37-21-8-4-7-20-23(21)17-5-2-3-6-18(17)28-20/h2-10,13,15,25,28-29,32H,11-12,14H2,1H3,(H,35,36)(H,30,33,34)/t15-,25?/m0/s1. The first-order valence-corrected chi connectivity index (χ1v) is 12.9. The zero-order chi connectivity index (χ0) is 26.8. The van der Waals surface area contributed by atoms with Crippen molar-refractivity contribution in [2.45, 2.75) is 24.8 Å². The molecule has 5 N–H and O–H groups in total. The Kier molecular flexibility index (Phi) is 7.12. The maximum absolute atomic E-state index is 12.2. The number of benzene rings is 3. The summed E-state index contributed by atoms with van der Waals surface area (Å²) in [6.45, 7) is 1.72. The van der Waals surface area contributed by atoms with Crippen LogP contribution in [-0.4, -0.2) is 61.9 Å². The Morgan fingerprint density at radius 3 is 2.63 bits per heavy atom. The van der Waals surface area contributed by atoms with E-state index in [2.05, 4.69) is 15.6 Å². The number of nitrogens with one attached hydrogen (secondary N) is 3. The molecular weight excluding hydrogens is 508 g/mol. The Morgan fingerprint density at radius 1 is 1.11 bits per heavy atom. The number of imide groups is 1. The van der Waals surface area contributed by atoms with Crippen LogP contribution in [0.15, 0.2) is 60.7 Å². The van der Waals surface area contributed by atoms with Crippen LogP contribution in [0.1, 0.15) is 12.5 Å². The first-order chi connectivity index (χ1) is 18.3. The highest BCUT2D eigenvalue weighted by Gasteiger charge is 2.32. The quantitative estimate of drug-likeness (QED) is 0.207. The predicted molar refractivity (Wildman–Crippen MR) is 146 cm³/mol. The van der Waals surface area contributed by atoms with Crippen molar-refractivity contribution in [2.75, 3.05) is 18.4 Å². The maximum atomic E-state index is 12.2. The molecular formula is C27H26N4O6S. The number of nitrogens with zero attached hydrogens (tertiary/aromatic N) is 1. The lowest BCUT2D eigenvalue weighted by Gasteiger charge is -2.21. The number of aliphatic hydroxyl groups is 1. The molecule has 1 aliphatic heterocycles. The van der Waals surface area contributed by atoms with Crippen LogP contribution in [-0.2, 0) is 11.2 Å². The number of H-pyrrole nitrogens is 1. The van der Waals surface area contributed by atoms with E-state index < -0.39 is 28.7 Å². The number of fused-ring (bicyclic) bond motifs is 3. The molecule has 0 bridgehead atoms. The van der Waals surface area contributed by atoms with Gasteiger partial charge in [0.2, 0.25) is 0 Å². The third-order valence-electron chi connectivity index (χ3n) is 6.16. The second-order valence-electron chi connectivity index (χ2n) is 9.03. The van der Waals surface area contributed by atoms with Gasteiger partial charge in [0.15, 0.2) is 11.1 Å². The summed E-state index contributed by atoms with van der Waals surface area (Å²) in [7, 11) is 0. The average Bonchev–Trinajstić information content (AvgIpc) is 3.41. The molecule has 2 heterocycles. The second kappa shape index (κ2) is 10.6. The zero-order valence-corrected chi connectivity index (χ0v) is 21.2. The van der Waals surface area contributed by atoms with Gasteiger partial charge in [-0.2, -0.15) is 0 Å². The number of hydrogen-bond acceptors (Lipinski definition) is 7. The molecule has 4 aromatic rings. The van der Waals surface area contributed by atoms with E-state index >= 15 is 0 Å². The molecule has 1 saturated heterocycles. The maximum Gasteiger partial charge on any atom is 0.407 e. The van der Waals surface area contributed by atoms with Crippen LogP contribution >= 0.6 is 11.8 Å². The summed E-state index contributed by atoms with van der Waals surface area (Å²) >= 11 is 0.850. The summed E-state index contributed by atoms with van der Waals surface area (Å²) in [6.07, 6.45) is -1.52. The van der Waals surface area contributed by atoms with Crippen molar-refractivity contribution >= 4 is 56.5 Å². The van der Waals surface area contributed by atoms with Crippen LogP contribution < -0.4 is 15.4 Å². The van der Waals surface area contributed by atoms with E-state index in [1.807, 2.05) is 48.5 Å². The first kappa shape index (κ1) is 25.4. The largest absolute Gasteiger partial charge is 0.465 e. The fourth-order valence-electron chi connectivity index (χ4n) is 4.44. The number of hydrogen-bond donors (Lipinski definition) is 5. The van der Waals surface area contributed by atoms with Gasteiger partial charge in [0.1, 0.15) is 5.75 Å². The van der Waals surface area contributed by atoms with Gasteiger partial charge in [-0.1, -0.05) is 30.3 Å². The SMILES string of the molecule is C[C@H](O)CN(CCc1ccc(NC2SC(=O)NC2=O)c(Oc2cccc3[nH]c4ccccc4c23)c1)C(=O)O. The van der Waals surface area contributed by atoms with Gasteiger partial charge in [0.25, 0.3) is 11.1 Å². The molecule has 1 fully saturated rings. The minimum Gasteiger partial charge on any atom is -0.465 e. The normalized spacial score (nSPS) is 16.0. The number of carbonyl (C=O) groups excluding carboxylic acids is 2. The van der Waals surface area contributed by atoms with Crippen molar-refractivity contribution in [2.24, 2.45) is 0 Å². The highest BCUT2D eigenvalue weighted by Crippen LogP contribution is 2.39. The number of para-hydroxylation sites is 1. The number of aliphatic hydroxyl groups excluding tert-OH is 1. The summed E-state index contributed by atoms with van der Waals surface area (Å²) in [6, 6.07) is 18.9. The number of thioether (sulfide) groups is 1. The summed E-state index contributed by atoms with van der Waals surface area (Å²) in [5.74, 6) is 0.579. The lowest BCUT2D eigenvalue weighted by molar-refractivity contribution is -0.118. The number of rotatable bonds is 9. The lowest BCUT2D eigenvalue weighted by Crippen LogP contribution is -2.36. The molecule has 1 aromatic heterocycles. The van der Waals surface area contributed by atoms with E-state index in [4.69, 9.17) is 4.74 Å². The second-order valence-corrected chi connectivity index (χ2v) is 10.1. The van der Waals surface area contributed by atoms with Gasteiger partial charge in [-0.05, 0) is 61.0 Å². The number of aromatic amines is 1.